The molecule has 0 heterocycles. The molecule has 1 aliphatic rings. The van der Waals surface area contributed by atoms with Crippen LogP contribution in [0.3, 0.4) is 0 Å². The molecule has 0 aromatic heterocycles. The van der Waals surface area contributed by atoms with Gasteiger partial charge in [0.1, 0.15) is 5.75 Å². The quantitative estimate of drug-likeness (QED) is 0.847. The van der Waals surface area contributed by atoms with Gasteiger partial charge in [0.2, 0.25) is 0 Å². The lowest BCUT2D eigenvalue weighted by Crippen LogP contribution is -2.46. The number of carbonyl (C=O) groups excluding carboxylic acids is 1. The number of para-hydroxylation sites is 1. The van der Waals surface area contributed by atoms with Crippen molar-refractivity contribution in [2.75, 3.05) is 27.2 Å². The fourth-order valence-electron chi connectivity index (χ4n) is 3.53. The summed E-state index contributed by atoms with van der Waals surface area (Å²) in [6, 6.07) is 7.94. The van der Waals surface area contributed by atoms with Crippen LogP contribution >= 0.6 is 0 Å². The highest BCUT2D eigenvalue weighted by Crippen LogP contribution is 2.44. The molecule has 1 saturated carbocycles. The molecule has 5 heteroatoms. The number of methoxy groups -OCH3 is 1. The minimum absolute atomic E-state index is 0.0616. The second-order valence-corrected chi connectivity index (χ2v) is 6.58. The van der Waals surface area contributed by atoms with Gasteiger partial charge in [-0.25, -0.2) is 4.79 Å². The number of nitrogens with one attached hydrogen (secondary N) is 1. The third-order valence-electron chi connectivity index (χ3n) is 4.70. The molecule has 128 valence electrons. The average Bonchev–Trinajstić information content (AvgIpc) is 3.02. The SMILES string of the molecule is COc1ccccc1C1(CNC(=O)N(C)CC(C)O)CCCC1. The van der Waals surface area contributed by atoms with E-state index in [1.165, 1.54) is 10.5 Å². The maximum Gasteiger partial charge on any atom is 0.317 e. The maximum atomic E-state index is 12.2. The molecule has 1 aromatic carbocycles. The van der Waals surface area contributed by atoms with Crippen LogP contribution in [0, 0.1) is 0 Å². The number of aliphatic hydroxyl groups is 1. The Morgan fingerprint density at radius 2 is 2.04 bits per heavy atom. The van der Waals surface area contributed by atoms with Crippen molar-refractivity contribution in [1.82, 2.24) is 10.2 Å². The monoisotopic (exact) mass is 320 g/mol. The van der Waals surface area contributed by atoms with E-state index < -0.39 is 6.10 Å². The summed E-state index contributed by atoms with van der Waals surface area (Å²) in [6.45, 7) is 2.60. The topological polar surface area (TPSA) is 61.8 Å². The summed E-state index contributed by atoms with van der Waals surface area (Å²) in [4.78, 5) is 13.8. The van der Waals surface area contributed by atoms with Crippen LogP contribution in [0.2, 0.25) is 0 Å². The molecule has 0 aliphatic heterocycles. The molecule has 0 bridgehead atoms. The number of carbonyl (C=O) groups is 1. The first kappa shape index (κ1) is 17.6. The van der Waals surface area contributed by atoms with Gasteiger partial charge in [-0.1, -0.05) is 31.0 Å². The van der Waals surface area contributed by atoms with E-state index in [4.69, 9.17) is 4.74 Å². The molecular weight excluding hydrogens is 292 g/mol. The zero-order valence-corrected chi connectivity index (χ0v) is 14.3. The Balaban J connectivity index is 2.11. The second-order valence-electron chi connectivity index (χ2n) is 6.58. The average molecular weight is 320 g/mol. The van der Waals surface area contributed by atoms with Gasteiger partial charge in [-0.2, -0.15) is 0 Å². The first-order valence-corrected chi connectivity index (χ1v) is 8.29. The predicted octanol–water partition coefficient (Wildman–Crippen LogP) is 2.53. The molecule has 1 aromatic rings. The number of likely N-dealkylation sites (N-methyl/N-ethyl adjacent to an activating group) is 1. The normalized spacial score (nSPS) is 17.6. The Morgan fingerprint density at radius 3 is 2.65 bits per heavy atom. The van der Waals surface area contributed by atoms with Crippen molar-refractivity contribution in [1.29, 1.82) is 0 Å². The van der Waals surface area contributed by atoms with Crippen molar-refractivity contribution in [3.8, 4) is 5.75 Å². The number of rotatable bonds is 6. The number of nitrogens with zero attached hydrogens (tertiary/aromatic N) is 1. The summed E-state index contributed by atoms with van der Waals surface area (Å²) in [5.74, 6) is 0.890. The minimum Gasteiger partial charge on any atom is -0.496 e. The molecule has 1 atom stereocenters. The summed E-state index contributed by atoms with van der Waals surface area (Å²) >= 11 is 0. The van der Waals surface area contributed by atoms with Crippen LogP contribution in [0.5, 0.6) is 5.75 Å². The number of amides is 2. The summed E-state index contributed by atoms with van der Waals surface area (Å²) in [5.41, 5.74) is 1.12. The number of aliphatic hydroxyl groups excluding tert-OH is 1. The van der Waals surface area contributed by atoms with E-state index in [-0.39, 0.29) is 11.4 Å². The zero-order valence-electron chi connectivity index (χ0n) is 14.3. The van der Waals surface area contributed by atoms with Gasteiger partial charge in [-0.15, -0.1) is 0 Å². The highest BCUT2D eigenvalue weighted by Gasteiger charge is 2.38. The zero-order chi connectivity index (χ0) is 16.9. The lowest BCUT2D eigenvalue weighted by Gasteiger charge is -2.32. The van der Waals surface area contributed by atoms with Crippen LogP contribution in [-0.2, 0) is 5.41 Å². The van der Waals surface area contributed by atoms with Gasteiger partial charge in [0.15, 0.2) is 0 Å². The Morgan fingerprint density at radius 1 is 1.39 bits per heavy atom. The maximum absolute atomic E-state index is 12.2. The summed E-state index contributed by atoms with van der Waals surface area (Å²) < 4.78 is 5.53. The molecule has 2 rings (SSSR count). The first-order chi connectivity index (χ1) is 11.0. The molecule has 5 nitrogen and oxygen atoms in total. The standard InChI is InChI=1S/C18H28N2O3/c1-14(21)12-20(2)17(22)19-13-18(10-6-7-11-18)15-8-4-5-9-16(15)23-3/h4-5,8-9,14,21H,6-7,10-13H2,1-3H3,(H,19,22). The van der Waals surface area contributed by atoms with Gasteiger partial charge >= 0.3 is 6.03 Å². The molecule has 0 saturated heterocycles. The first-order valence-electron chi connectivity index (χ1n) is 8.29. The Labute approximate surface area is 138 Å². The van der Waals surface area contributed by atoms with Gasteiger partial charge in [-0.3, -0.25) is 0 Å². The fraction of sp³-hybridized carbons (Fsp3) is 0.611. The van der Waals surface area contributed by atoms with Crippen LogP contribution in [-0.4, -0.2) is 49.4 Å². The Hall–Kier alpha value is -1.75. The summed E-state index contributed by atoms with van der Waals surface area (Å²) in [5, 5.41) is 12.5. The second kappa shape index (κ2) is 7.68. The van der Waals surface area contributed by atoms with Crippen LogP contribution in [0.15, 0.2) is 24.3 Å². The summed E-state index contributed by atoms with van der Waals surface area (Å²) in [7, 11) is 3.39. The molecular formula is C18H28N2O3. The number of benzene rings is 1. The van der Waals surface area contributed by atoms with E-state index in [0.29, 0.717) is 13.1 Å². The van der Waals surface area contributed by atoms with E-state index in [1.807, 2.05) is 18.2 Å². The Kier molecular flexibility index (Phi) is 5.88. The van der Waals surface area contributed by atoms with Gasteiger partial charge in [0.25, 0.3) is 0 Å². The van der Waals surface area contributed by atoms with E-state index >= 15 is 0 Å². The largest absolute Gasteiger partial charge is 0.496 e. The molecule has 2 N–H and O–H groups in total. The molecule has 2 amide bonds. The number of ether oxygens (including phenoxy) is 1. The van der Waals surface area contributed by atoms with Crippen LogP contribution < -0.4 is 10.1 Å². The Bertz CT molecular complexity index is 525. The molecule has 1 fully saturated rings. The highest BCUT2D eigenvalue weighted by molar-refractivity contribution is 5.74. The molecule has 23 heavy (non-hydrogen) atoms. The lowest BCUT2D eigenvalue weighted by atomic mass is 9.78. The van der Waals surface area contributed by atoms with E-state index in [0.717, 1.165) is 31.4 Å². The van der Waals surface area contributed by atoms with Gasteiger partial charge in [-0.05, 0) is 25.8 Å². The summed E-state index contributed by atoms with van der Waals surface area (Å²) in [6.07, 6.45) is 3.90. The number of hydrogen-bond acceptors (Lipinski definition) is 3. The van der Waals surface area contributed by atoms with Gasteiger partial charge in [0, 0.05) is 31.1 Å². The van der Waals surface area contributed by atoms with Crippen molar-refractivity contribution in [2.24, 2.45) is 0 Å². The van der Waals surface area contributed by atoms with Crippen LogP contribution in [0.1, 0.15) is 38.2 Å². The van der Waals surface area contributed by atoms with Crippen LogP contribution in [0.4, 0.5) is 4.79 Å². The van der Waals surface area contributed by atoms with Gasteiger partial charge in [0.05, 0.1) is 13.2 Å². The van der Waals surface area contributed by atoms with E-state index in [9.17, 15) is 9.90 Å². The van der Waals surface area contributed by atoms with E-state index in [2.05, 4.69) is 11.4 Å². The molecule has 1 unspecified atom stereocenters. The molecule has 1 aliphatic carbocycles. The third kappa shape index (κ3) is 4.16. The van der Waals surface area contributed by atoms with Crippen molar-refractivity contribution in [2.45, 2.75) is 44.1 Å². The number of hydrogen-bond donors (Lipinski definition) is 2. The van der Waals surface area contributed by atoms with Crippen molar-refractivity contribution in [3.05, 3.63) is 29.8 Å². The lowest BCUT2D eigenvalue weighted by molar-refractivity contribution is 0.143. The van der Waals surface area contributed by atoms with E-state index in [1.54, 1.807) is 21.1 Å². The van der Waals surface area contributed by atoms with Crippen molar-refractivity contribution < 1.29 is 14.6 Å². The van der Waals surface area contributed by atoms with Crippen molar-refractivity contribution in [3.63, 3.8) is 0 Å². The predicted molar refractivity (Wildman–Crippen MR) is 90.8 cm³/mol. The molecule has 0 spiro atoms. The fourth-order valence-corrected chi connectivity index (χ4v) is 3.53. The minimum atomic E-state index is -0.527. The third-order valence-corrected chi connectivity index (χ3v) is 4.70. The van der Waals surface area contributed by atoms with Gasteiger partial charge < -0.3 is 20.1 Å². The van der Waals surface area contributed by atoms with Crippen LogP contribution in [0.25, 0.3) is 0 Å². The number of urea groups is 1. The van der Waals surface area contributed by atoms with Crippen molar-refractivity contribution >= 4 is 6.03 Å². The highest BCUT2D eigenvalue weighted by atomic mass is 16.5. The molecule has 0 radical (unpaired) electrons. The smallest absolute Gasteiger partial charge is 0.317 e.